The molecule has 0 radical (unpaired) electrons. The first kappa shape index (κ1) is 15.5. The monoisotopic (exact) mass is 289 g/mol. The van der Waals surface area contributed by atoms with Gasteiger partial charge in [-0.05, 0) is 31.7 Å². The molecule has 1 aromatic carbocycles. The predicted octanol–water partition coefficient (Wildman–Crippen LogP) is 2.79. The molecule has 1 amide bonds. The molecule has 1 atom stereocenters. The Morgan fingerprint density at radius 3 is 2.52 bits per heavy atom. The van der Waals surface area contributed by atoms with Gasteiger partial charge in [0.1, 0.15) is 6.04 Å². The number of amides is 1. The molecule has 0 saturated heterocycles. The van der Waals surface area contributed by atoms with Crippen LogP contribution < -0.4 is 5.32 Å². The van der Waals surface area contributed by atoms with Crippen LogP contribution in [-0.4, -0.2) is 23.0 Å². The molecule has 0 bridgehead atoms. The molecule has 2 rings (SSSR count). The van der Waals surface area contributed by atoms with Gasteiger partial charge in [-0.15, -0.1) is 0 Å². The van der Waals surface area contributed by atoms with E-state index >= 15 is 0 Å². The lowest BCUT2D eigenvalue weighted by Crippen LogP contribution is -2.49. The lowest BCUT2D eigenvalue weighted by atomic mass is 9.77. The molecule has 4 heteroatoms. The zero-order chi connectivity index (χ0) is 15.5. The second kappa shape index (κ2) is 6.29. The minimum atomic E-state index is -0.969. The van der Waals surface area contributed by atoms with E-state index in [4.69, 9.17) is 5.11 Å². The van der Waals surface area contributed by atoms with Gasteiger partial charge in [0, 0.05) is 0 Å². The Balaban J connectivity index is 2.30. The van der Waals surface area contributed by atoms with E-state index in [9.17, 15) is 9.59 Å². The molecule has 1 aromatic rings. The van der Waals surface area contributed by atoms with E-state index in [-0.39, 0.29) is 5.91 Å². The van der Waals surface area contributed by atoms with Crippen molar-refractivity contribution in [1.82, 2.24) is 5.32 Å². The van der Waals surface area contributed by atoms with E-state index in [1.165, 1.54) is 0 Å². The maximum absolute atomic E-state index is 12.8. The largest absolute Gasteiger partial charge is 0.480 e. The fourth-order valence-corrected chi connectivity index (χ4v) is 3.20. The number of carbonyl (C=O) groups is 2. The highest BCUT2D eigenvalue weighted by atomic mass is 16.4. The van der Waals surface area contributed by atoms with Gasteiger partial charge in [-0.25, -0.2) is 4.79 Å². The molecule has 0 aliphatic heterocycles. The number of hydrogen-bond donors (Lipinski definition) is 2. The van der Waals surface area contributed by atoms with Gasteiger partial charge in [-0.3, -0.25) is 4.79 Å². The fourth-order valence-electron chi connectivity index (χ4n) is 3.20. The smallest absolute Gasteiger partial charge is 0.326 e. The average Bonchev–Trinajstić information content (AvgIpc) is 2.95. The van der Waals surface area contributed by atoms with Crippen LogP contribution >= 0.6 is 0 Å². The number of carboxylic acid groups (broad SMARTS) is 1. The molecule has 0 spiro atoms. The molecule has 1 aliphatic rings. The molecular weight excluding hydrogens is 266 g/mol. The van der Waals surface area contributed by atoms with Gasteiger partial charge < -0.3 is 10.4 Å². The number of aliphatic carboxylic acids is 1. The summed E-state index contributed by atoms with van der Waals surface area (Å²) in [6.45, 7) is 3.78. The van der Waals surface area contributed by atoms with Gasteiger partial charge in [0.05, 0.1) is 5.41 Å². The molecule has 1 aliphatic carbocycles. The summed E-state index contributed by atoms with van der Waals surface area (Å²) in [4.78, 5) is 23.9. The highest BCUT2D eigenvalue weighted by Gasteiger charge is 2.43. The second-order valence-electron chi connectivity index (χ2n) is 5.93. The van der Waals surface area contributed by atoms with E-state index in [0.29, 0.717) is 6.42 Å². The first-order valence-electron chi connectivity index (χ1n) is 7.60. The zero-order valence-corrected chi connectivity index (χ0v) is 12.7. The summed E-state index contributed by atoms with van der Waals surface area (Å²) in [5, 5.41) is 11.9. The standard InChI is InChI=1S/C17H23NO3/c1-3-14(15(19)20)18-16(21)17(9-4-5-10-17)13-8-6-7-12(2)11-13/h6-8,11,14H,3-5,9-10H2,1-2H3,(H,18,21)(H,19,20). The number of carbonyl (C=O) groups excluding carboxylic acids is 1. The van der Waals surface area contributed by atoms with E-state index in [0.717, 1.165) is 36.8 Å². The summed E-state index contributed by atoms with van der Waals surface area (Å²) < 4.78 is 0. The van der Waals surface area contributed by atoms with Crippen molar-refractivity contribution in [2.45, 2.75) is 57.4 Å². The Hall–Kier alpha value is -1.84. The molecule has 21 heavy (non-hydrogen) atoms. The number of nitrogens with one attached hydrogen (secondary N) is 1. The second-order valence-corrected chi connectivity index (χ2v) is 5.93. The van der Waals surface area contributed by atoms with Crippen LogP contribution in [0.5, 0.6) is 0 Å². The van der Waals surface area contributed by atoms with Gasteiger partial charge in [-0.1, -0.05) is 49.6 Å². The quantitative estimate of drug-likeness (QED) is 0.876. The number of rotatable bonds is 5. The van der Waals surface area contributed by atoms with Crippen LogP contribution in [0, 0.1) is 6.92 Å². The minimum Gasteiger partial charge on any atom is -0.480 e. The first-order valence-corrected chi connectivity index (χ1v) is 7.60. The zero-order valence-electron chi connectivity index (χ0n) is 12.7. The van der Waals surface area contributed by atoms with E-state index in [1.807, 2.05) is 31.2 Å². The summed E-state index contributed by atoms with van der Waals surface area (Å²) in [7, 11) is 0. The Morgan fingerprint density at radius 1 is 1.33 bits per heavy atom. The van der Waals surface area contributed by atoms with Crippen LogP contribution in [0.1, 0.15) is 50.2 Å². The summed E-state index contributed by atoms with van der Waals surface area (Å²) >= 11 is 0. The third kappa shape index (κ3) is 3.09. The van der Waals surface area contributed by atoms with Crippen molar-refractivity contribution in [2.75, 3.05) is 0 Å². The SMILES string of the molecule is CCC(NC(=O)C1(c2cccc(C)c2)CCCC1)C(=O)O. The lowest BCUT2D eigenvalue weighted by molar-refractivity contribution is -0.142. The maximum atomic E-state index is 12.8. The van der Waals surface area contributed by atoms with Gasteiger partial charge in [0.2, 0.25) is 5.91 Å². The minimum absolute atomic E-state index is 0.139. The van der Waals surface area contributed by atoms with Crippen molar-refractivity contribution in [3.8, 4) is 0 Å². The van der Waals surface area contributed by atoms with Crippen molar-refractivity contribution < 1.29 is 14.7 Å². The number of benzene rings is 1. The molecule has 114 valence electrons. The van der Waals surface area contributed by atoms with Crippen molar-refractivity contribution in [1.29, 1.82) is 0 Å². The highest BCUT2D eigenvalue weighted by molar-refractivity contribution is 5.91. The lowest BCUT2D eigenvalue weighted by Gasteiger charge is -2.30. The van der Waals surface area contributed by atoms with Crippen LogP contribution in [0.3, 0.4) is 0 Å². The molecule has 0 heterocycles. The normalized spacial score (nSPS) is 18.2. The summed E-state index contributed by atoms with van der Waals surface area (Å²) in [6, 6.07) is 7.20. The molecule has 4 nitrogen and oxygen atoms in total. The first-order chi connectivity index (χ1) is 9.99. The molecule has 2 N–H and O–H groups in total. The average molecular weight is 289 g/mol. The topological polar surface area (TPSA) is 66.4 Å². The van der Waals surface area contributed by atoms with Gasteiger partial charge in [0.15, 0.2) is 0 Å². The van der Waals surface area contributed by atoms with Gasteiger partial charge >= 0.3 is 5.97 Å². The van der Waals surface area contributed by atoms with Crippen LogP contribution in [0.2, 0.25) is 0 Å². The van der Waals surface area contributed by atoms with Crippen molar-refractivity contribution >= 4 is 11.9 Å². The van der Waals surface area contributed by atoms with Gasteiger partial charge in [-0.2, -0.15) is 0 Å². The molecule has 1 fully saturated rings. The van der Waals surface area contributed by atoms with Crippen LogP contribution in [0.25, 0.3) is 0 Å². The van der Waals surface area contributed by atoms with Gasteiger partial charge in [0.25, 0.3) is 0 Å². The third-order valence-electron chi connectivity index (χ3n) is 4.47. The van der Waals surface area contributed by atoms with E-state index in [1.54, 1.807) is 6.92 Å². The number of aryl methyl sites for hydroxylation is 1. The number of carboxylic acids is 1. The Morgan fingerprint density at radius 2 is 2.00 bits per heavy atom. The highest BCUT2D eigenvalue weighted by Crippen LogP contribution is 2.41. The van der Waals surface area contributed by atoms with Crippen molar-refractivity contribution in [3.63, 3.8) is 0 Å². The fraction of sp³-hybridized carbons (Fsp3) is 0.529. The summed E-state index contributed by atoms with van der Waals surface area (Å²) in [5.74, 6) is -1.11. The van der Waals surface area contributed by atoms with E-state index in [2.05, 4.69) is 5.32 Å². The Labute approximate surface area is 125 Å². The molecule has 1 saturated carbocycles. The van der Waals surface area contributed by atoms with Crippen LogP contribution in [0.4, 0.5) is 0 Å². The van der Waals surface area contributed by atoms with E-state index < -0.39 is 17.4 Å². The van der Waals surface area contributed by atoms with Crippen molar-refractivity contribution in [3.05, 3.63) is 35.4 Å². The maximum Gasteiger partial charge on any atom is 0.326 e. The third-order valence-corrected chi connectivity index (χ3v) is 4.47. The predicted molar refractivity (Wildman–Crippen MR) is 81.2 cm³/mol. The summed E-state index contributed by atoms with van der Waals surface area (Å²) in [5.41, 5.74) is 1.57. The Kier molecular flexibility index (Phi) is 4.66. The molecule has 0 aromatic heterocycles. The molecule has 1 unspecified atom stereocenters. The molecular formula is C17H23NO3. The van der Waals surface area contributed by atoms with Crippen LogP contribution in [-0.2, 0) is 15.0 Å². The Bertz CT molecular complexity index is 533. The summed E-state index contributed by atoms with van der Waals surface area (Å²) in [6.07, 6.45) is 3.98. The van der Waals surface area contributed by atoms with Crippen LogP contribution in [0.15, 0.2) is 24.3 Å². The number of hydrogen-bond acceptors (Lipinski definition) is 2. The van der Waals surface area contributed by atoms with Crippen molar-refractivity contribution in [2.24, 2.45) is 0 Å².